The van der Waals surface area contributed by atoms with E-state index in [0.29, 0.717) is 19.8 Å². The van der Waals surface area contributed by atoms with Gasteiger partial charge >= 0.3 is 0 Å². The molecule has 4 heteroatoms. The van der Waals surface area contributed by atoms with Crippen molar-refractivity contribution in [3.05, 3.63) is 35.6 Å². The molecule has 1 aromatic rings. The molecule has 2 N–H and O–H groups in total. The van der Waals surface area contributed by atoms with Gasteiger partial charge in [-0.1, -0.05) is 12.1 Å². The van der Waals surface area contributed by atoms with Gasteiger partial charge in [-0.05, 0) is 17.7 Å². The number of ether oxygens (including phenoxy) is 2. The Bertz CT molecular complexity index is 328. The zero-order chi connectivity index (χ0) is 10.7. The number of nitrogens with two attached hydrogens (primary N) is 1. The number of benzene rings is 1. The summed E-state index contributed by atoms with van der Waals surface area (Å²) < 4.78 is 23.6. The summed E-state index contributed by atoms with van der Waals surface area (Å²) in [5.41, 5.74) is 6.38. The van der Waals surface area contributed by atoms with Crippen molar-refractivity contribution in [3.8, 4) is 0 Å². The van der Waals surface area contributed by atoms with Crippen LogP contribution in [0.1, 0.15) is 11.7 Å². The van der Waals surface area contributed by atoms with Gasteiger partial charge in [-0.15, -0.1) is 0 Å². The molecule has 0 aromatic heterocycles. The standard InChI is InChI=1S/C11H14FNO2/c12-9-3-1-2-8(4-9)11(5-13)15-10-6-14-7-10/h1-4,10-11H,5-7,13H2. The van der Waals surface area contributed by atoms with Gasteiger partial charge in [0.05, 0.1) is 19.3 Å². The topological polar surface area (TPSA) is 44.5 Å². The summed E-state index contributed by atoms with van der Waals surface area (Å²) >= 11 is 0. The maximum atomic E-state index is 13.0. The second-order valence-electron chi connectivity index (χ2n) is 3.57. The van der Waals surface area contributed by atoms with Crippen molar-refractivity contribution in [1.29, 1.82) is 0 Å². The lowest BCUT2D eigenvalue weighted by atomic mass is 10.1. The van der Waals surface area contributed by atoms with Crippen LogP contribution in [0.5, 0.6) is 0 Å². The van der Waals surface area contributed by atoms with Crippen LogP contribution in [0.2, 0.25) is 0 Å². The van der Waals surface area contributed by atoms with Crippen molar-refractivity contribution in [3.63, 3.8) is 0 Å². The van der Waals surface area contributed by atoms with Crippen molar-refractivity contribution in [1.82, 2.24) is 0 Å². The van der Waals surface area contributed by atoms with Gasteiger partial charge in [0, 0.05) is 6.54 Å². The highest BCUT2D eigenvalue weighted by Gasteiger charge is 2.23. The molecule has 1 aromatic carbocycles. The first-order valence-corrected chi connectivity index (χ1v) is 4.98. The van der Waals surface area contributed by atoms with E-state index in [1.807, 2.05) is 6.07 Å². The molecular formula is C11H14FNO2. The third-order valence-electron chi connectivity index (χ3n) is 2.40. The maximum Gasteiger partial charge on any atom is 0.123 e. The monoisotopic (exact) mass is 211 g/mol. The van der Waals surface area contributed by atoms with Crippen LogP contribution in [0, 0.1) is 5.82 Å². The summed E-state index contributed by atoms with van der Waals surface area (Å²) in [4.78, 5) is 0. The summed E-state index contributed by atoms with van der Waals surface area (Å²) in [6.45, 7) is 1.55. The molecule has 0 saturated carbocycles. The van der Waals surface area contributed by atoms with E-state index >= 15 is 0 Å². The second kappa shape index (κ2) is 4.70. The van der Waals surface area contributed by atoms with Crippen LogP contribution in [0.15, 0.2) is 24.3 Å². The third kappa shape index (κ3) is 2.53. The SMILES string of the molecule is NCC(OC1COC1)c1cccc(F)c1. The van der Waals surface area contributed by atoms with Gasteiger partial charge in [0.2, 0.25) is 0 Å². The van der Waals surface area contributed by atoms with Crippen molar-refractivity contribution < 1.29 is 13.9 Å². The smallest absolute Gasteiger partial charge is 0.123 e. The predicted molar refractivity (Wildman–Crippen MR) is 53.9 cm³/mol. The molecule has 1 heterocycles. The van der Waals surface area contributed by atoms with Crippen LogP contribution in [0.4, 0.5) is 4.39 Å². The highest BCUT2D eigenvalue weighted by molar-refractivity contribution is 5.19. The zero-order valence-electron chi connectivity index (χ0n) is 8.36. The van der Waals surface area contributed by atoms with E-state index in [0.717, 1.165) is 5.56 Å². The van der Waals surface area contributed by atoms with Crippen LogP contribution in [0.3, 0.4) is 0 Å². The average molecular weight is 211 g/mol. The van der Waals surface area contributed by atoms with Gasteiger partial charge in [-0.25, -0.2) is 4.39 Å². The zero-order valence-corrected chi connectivity index (χ0v) is 8.36. The highest BCUT2D eigenvalue weighted by Crippen LogP contribution is 2.21. The number of hydrogen-bond acceptors (Lipinski definition) is 3. The molecule has 0 radical (unpaired) electrons. The first-order valence-electron chi connectivity index (χ1n) is 4.98. The fourth-order valence-corrected chi connectivity index (χ4v) is 1.50. The van der Waals surface area contributed by atoms with E-state index in [4.69, 9.17) is 15.2 Å². The molecule has 1 aliphatic rings. The van der Waals surface area contributed by atoms with E-state index in [1.165, 1.54) is 12.1 Å². The van der Waals surface area contributed by atoms with Gasteiger partial charge in [0.1, 0.15) is 11.9 Å². The Morgan fingerprint density at radius 3 is 2.87 bits per heavy atom. The minimum atomic E-state index is -0.264. The van der Waals surface area contributed by atoms with E-state index < -0.39 is 0 Å². The van der Waals surface area contributed by atoms with Crippen LogP contribution in [-0.4, -0.2) is 25.9 Å². The minimum Gasteiger partial charge on any atom is -0.376 e. The Labute approximate surface area is 88.0 Å². The van der Waals surface area contributed by atoms with Crippen molar-refractivity contribution in [2.24, 2.45) is 5.73 Å². The maximum absolute atomic E-state index is 13.0. The van der Waals surface area contributed by atoms with E-state index in [-0.39, 0.29) is 18.0 Å². The molecule has 1 aliphatic heterocycles. The summed E-state index contributed by atoms with van der Waals surface area (Å²) in [7, 11) is 0. The molecule has 15 heavy (non-hydrogen) atoms. The predicted octanol–water partition coefficient (Wildman–Crippen LogP) is 1.24. The fraction of sp³-hybridized carbons (Fsp3) is 0.455. The summed E-state index contributed by atoms with van der Waals surface area (Å²) in [6, 6.07) is 6.34. The molecule has 1 atom stereocenters. The number of halogens is 1. The van der Waals surface area contributed by atoms with Crippen LogP contribution < -0.4 is 5.73 Å². The quantitative estimate of drug-likeness (QED) is 0.815. The molecule has 0 spiro atoms. The molecule has 1 fully saturated rings. The van der Waals surface area contributed by atoms with Gasteiger partial charge < -0.3 is 15.2 Å². The van der Waals surface area contributed by atoms with Gasteiger partial charge in [-0.3, -0.25) is 0 Å². The normalized spacial score (nSPS) is 18.5. The Balaban J connectivity index is 2.04. The van der Waals surface area contributed by atoms with E-state index in [9.17, 15) is 4.39 Å². The lowest BCUT2D eigenvalue weighted by Crippen LogP contribution is -2.38. The van der Waals surface area contributed by atoms with Crippen molar-refractivity contribution in [2.75, 3.05) is 19.8 Å². The largest absolute Gasteiger partial charge is 0.376 e. The lowest BCUT2D eigenvalue weighted by molar-refractivity contribution is -0.153. The number of hydrogen-bond donors (Lipinski definition) is 1. The number of rotatable bonds is 4. The summed E-state index contributed by atoms with van der Waals surface area (Å²) in [6.07, 6.45) is -0.142. The molecule has 1 unspecified atom stereocenters. The molecule has 0 amide bonds. The van der Waals surface area contributed by atoms with Crippen LogP contribution in [-0.2, 0) is 9.47 Å². The molecule has 82 valence electrons. The molecule has 2 rings (SSSR count). The van der Waals surface area contributed by atoms with E-state index in [2.05, 4.69) is 0 Å². The van der Waals surface area contributed by atoms with Gasteiger partial charge in [0.25, 0.3) is 0 Å². The average Bonchev–Trinajstić information content (AvgIpc) is 2.16. The molecular weight excluding hydrogens is 197 g/mol. The van der Waals surface area contributed by atoms with Crippen molar-refractivity contribution >= 4 is 0 Å². The molecule has 0 bridgehead atoms. The van der Waals surface area contributed by atoms with Crippen LogP contribution >= 0.6 is 0 Å². The minimum absolute atomic E-state index is 0.0989. The Morgan fingerprint density at radius 2 is 2.33 bits per heavy atom. The van der Waals surface area contributed by atoms with Gasteiger partial charge in [0.15, 0.2) is 0 Å². The Morgan fingerprint density at radius 1 is 1.53 bits per heavy atom. The lowest BCUT2D eigenvalue weighted by Gasteiger charge is -2.30. The summed E-state index contributed by atoms with van der Waals surface area (Å²) in [5.74, 6) is -0.264. The van der Waals surface area contributed by atoms with Gasteiger partial charge in [-0.2, -0.15) is 0 Å². The van der Waals surface area contributed by atoms with Crippen LogP contribution in [0.25, 0.3) is 0 Å². The fourth-order valence-electron chi connectivity index (χ4n) is 1.50. The van der Waals surface area contributed by atoms with Crippen molar-refractivity contribution in [2.45, 2.75) is 12.2 Å². The first kappa shape index (κ1) is 10.5. The Kier molecular flexibility index (Phi) is 3.30. The summed E-state index contributed by atoms with van der Waals surface area (Å²) in [5, 5.41) is 0. The first-order chi connectivity index (χ1) is 7.29. The molecule has 3 nitrogen and oxygen atoms in total. The highest BCUT2D eigenvalue weighted by atomic mass is 19.1. The third-order valence-corrected chi connectivity index (χ3v) is 2.40. The molecule has 0 aliphatic carbocycles. The Hall–Kier alpha value is -0.970. The van der Waals surface area contributed by atoms with E-state index in [1.54, 1.807) is 6.07 Å². The molecule has 1 saturated heterocycles. The second-order valence-corrected chi connectivity index (χ2v) is 3.57.